The Hall–Kier alpha value is -0.625. The topological polar surface area (TPSA) is 20.2 Å². The summed E-state index contributed by atoms with van der Waals surface area (Å²) in [7, 11) is 5.48. The van der Waals surface area contributed by atoms with Crippen LogP contribution >= 0.6 is 11.6 Å². The molecule has 0 aliphatic heterocycles. The number of rotatable bonds is 0. The fourth-order valence-corrected chi connectivity index (χ4v) is 0.906. The van der Waals surface area contributed by atoms with Crippen molar-refractivity contribution in [2.24, 2.45) is 0 Å². The zero-order valence-corrected chi connectivity index (χ0v) is 6.31. The Bertz CT molecular complexity index is 237. The summed E-state index contributed by atoms with van der Waals surface area (Å²) in [5.74, 6) is 0.144. The first-order valence-electron chi connectivity index (χ1n) is 2.86. The van der Waals surface area contributed by atoms with Crippen LogP contribution in [-0.2, 0) is 0 Å². The lowest BCUT2D eigenvalue weighted by molar-refractivity contribution is 0.472. The van der Waals surface area contributed by atoms with Crippen LogP contribution in [-0.4, -0.2) is 13.0 Å². The van der Waals surface area contributed by atoms with Gasteiger partial charge in [-0.2, -0.15) is 0 Å². The van der Waals surface area contributed by atoms with Crippen molar-refractivity contribution in [2.45, 2.75) is 6.92 Å². The highest BCUT2D eigenvalue weighted by Crippen LogP contribution is 2.18. The number of benzene rings is 1. The quantitative estimate of drug-likeness (QED) is 0.553. The molecule has 0 saturated carbocycles. The zero-order chi connectivity index (χ0) is 7.72. The number of hydrogen-bond acceptors (Lipinski definition) is 1. The lowest BCUT2D eigenvalue weighted by Gasteiger charge is -2.02. The maximum absolute atomic E-state index is 9.12. The second kappa shape index (κ2) is 2.55. The first-order valence-corrected chi connectivity index (χ1v) is 3.23. The van der Waals surface area contributed by atoms with Gasteiger partial charge < -0.3 is 5.11 Å². The highest BCUT2D eigenvalue weighted by atomic mass is 35.5. The third-order valence-electron chi connectivity index (χ3n) is 1.39. The summed E-state index contributed by atoms with van der Waals surface area (Å²) in [6, 6.07) is 3.07. The van der Waals surface area contributed by atoms with Crippen LogP contribution in [0.25, 0.3) is 0 Å². The molecule has 0 atom stereocenters. The van der Waals surface area contributed by atoms with Gasteiger partial charge in [-0.3, -0.25) is 0 Å². The predicted octanol–water partition coefficient (Wildman–Crippen LogP) is 1.15. The van der Waals surface area contributed by atoms with Crippen molar-refractivity contribution in [3.05, 3.63) is 22.7 Å². The smallest absolute Gasteiger partial charge is 0.119 e. The predicted molar refractivity (Wildman–Crippen MR) is 43.2 cm³/mol. The summed E-state index contributed by atoms with van der Waals surface area (Å²) in [6.07, 6.45) is 0. The first kappa shape index (κ1) is 7.48. The van der Waals surface area contributed by atoms with E-state index in [0.717, 1.165) is 0 Å². The van der Waals surface area contributed by atoms with Crippen molar-refractivity contribution in [2.75, 3.05) is 0 Å². The lowest BCUT2D eigenvalue weighted by Crippen LogP contribution is -2.06. The van der Waals surface area contributed by atoms with Gasteiger partial charge in [0.1, 0.15) is 13.6 Å². The molecule has 0 saturated heterocycles. The Morgan fingerprint density at radius 1 is 1.50 bits per heavy atom. The van der Waals surface area contributed by atoms with Gasteiger partial charge in [0, 0.05) is 5.02 Å². The van der Waals surface area contributed by atoms with Gasteiger partial charge in [0.15, 0.2) is 0 Å². The first-order chi connectivity index (χ1) is 4.61. The standard InChI is InChI=1S/C7H6BClO/c1-4-6(8)2-5(9)3-7(4)10/h2-3,10H,1H3. The zero-order valence-electron chi connectivity index (χ0n) is 5.56. The van der Waals surface area contributed by atoms with Gasteiger partial charge in [0.05, 0.1) is 0 Å². The summed E-state index contributed by atoms with van der Waals surface area (Å²) in [5.41, 5.74) is 1.19. The summed E-state index contributed by atoms with van der Waals surface area (Å²) < 4.78 is 0. The highest BCUT2D eigenvalue weighted by molar-refractivity contribution is 6.37. The molecular formula is C7H6BClO. The van der Waals surface area contributed by atoms with E-state index in [0.29, 0.717) is 16.0 Å². The van der Waals surface area contributed by atoms with Crippen molar-refractivity contribution in [3.63, 3.8) is 0 Å². The van der Waals surface area contributed by atoms with E-state index in [1.165, 1.54) is 6.07 Å². The Morgan fingerprint density at radius 2 is 2.10 bits per heavy atom. The Kier molecular flexibility index (Phi) is 1.91. The molecule has 10 heavy (non-hydrogen) atoms. The molecule has 1 aromatic rings. The fraction of sp³-hybridized carbons (Fsp3) is 0.143. The molecule has 0 fully saturated rings. The Labute approximate surface area is 66.0 Å². The summed E-state index contributed by atoms with van der Waals surface area (Å²) in [4.78, 5) is 0. The molecule has 0 bridgehead atoms. The highest BCUT2D eigenvalue weighted by Gasteiger charge is 1.99. The molecule has 0 aliphatic rings. The molecule has 0 aromatic heterocycles. The SMILES string of the molecule is [B]c1cc(Cl)cc(O)c1C. The second-order valence-electron chi connectivity index (χ2n) is 2.14. The van der Waals surface area contributed by atoms with E-state index in [9.17, 15) is 0 Å². The van der Waals surface area contributed by atoms with E-state index < -0.39 is 0 Å². The molecule has 1 nitrogen and oxygen atoms in total. The van der Waals surface area contributed by atoms with Crippen LogP contribution in [0, 0.1) is 6.92 Å². The van der Waals surface area contributed by atoms with E-state index in [2.05, 4.69) is 0 Å². The van der Waals surface area contributed by atoms with Crippen molar-refractivity contribution in [1.82, 2.24) is 0 Å². The van der Waals surface area contributed by atoms with E-state index in [1.807, 2.05) is 0 Å². The lowest BCUT2D eigenvalue weighted by atomic mass is 9.91. The number of phenols is 1. The third-order valence-corrected chi connectivity index (χ3v) is 1.60. The van der Waals surface area contributed by atoms with Gasteiger partial charge in [0.2, 0.25) is 0 Å². The van der Waals surface area contributed by atoms with E-state index in [1.54, 1.807) is 13.0 Å². The number of halogens is 1. The van der Waals surface area contributed by atoms with Crippen molar-refractivity contribution >= 4 is 24.9 Å². The molecule has 0 spiro atoms. The number of hydrogen-bond donors (Lipinski definition) is 1. The maximum Gasteiger partial charge on any atom is 0.119 e. The molecule has 1 aromatic carbocycles. The maximum atomic E-state index is 9.12. The van der Waals surface area contributed by atoms with Crippen molar-refractivity contribution < 1.29 is 5.11 Å². The van der Waals surface area contributed by atoms with Gasteiger partial charge in [-0.15, -0.1) is 0 Å². The van der Waals surface area contributed by atoms with Crippen LogP contribution in [0.4, 0.5) is 0 Å². The fourth-order valence-electron chi connectivity index (χ4n) is 0.685. The van der Waals surface area contributed by atoms with Gasteiger partial charge >= 0.3 is 0 Å². The number of phenolic OH excluding ortho intramolecular Hbond substituents is 1. The molecule has 3 heteroatoms. The minimum Gasteiger partial charge on any atom is -0.508 e. The number of aromatic hydroxyl groups is 1. The van der Waals surface area contributed by atoms with Crippen LogP contribution in [0.1, 0.15) is 5.56 Å². The molecule has 1 rings (SSSR count). The molecule has 0 unspecified atom stereocenters. The van der Waals surface area contributed by atoms with Gasteiger partial charge in [-0.25, -0.2) is 0 Å². The molecule has 2 radical (unpaired) electrons. The van der Waals surface area contributed by atoms with E-state index in [-0.39, 0.29) is 5.75 Å². The Morgan fingerprint density at radius 3 is 2.60 bits per heavy atom. The second-order valence-corrected chi connectivity index (χ2v) is 2.58. The minimum atomic E-state index is 0.144. The van der Waals surface area contributed by atoms with E-state index >= 15 is 0 Å². The van der Waals surface area contributed by atoms with Gasteiger partial charge in [-0.1, -0.05) is 23.1 Å². The summed E-state index contributed by atoms with van der Waals surface area (Å²) >= 11 is 5.58. The normalized spacial score (nSPS) is 9.80. The van der Waals surface area contributed by atoms with Crippen LogP contribution in [0.3, 0.4) is 0 Å². The van der Waals surface area contributed by atoms with Gasteiger partial charge in [0.25, 0.3) is 0 Å². The van der Waals surface area contributed by atoms with Crippen LogP contribution in [0.5, 0.6) is 5.75 Å². The van der Waals surface area contributed by atoms with Crippen molar-refractivity contribution in [3.8, 4) is 5.75 Å². The van der Waals surface area contributed by atoms with Crippen LogP contribution in [0.15, 0.2) is 12.1 Å². The van der Waals surface area contributed by atoms with Crippen LogP contribution < -0.4 is 5.46 Å². The summed E-state index contributed by atoms with van der Waals surface area (Å²) in [6.45, 7) is 1.74. The monoisotopic (exact) mass is 152 g/mol. The molecule has 0 aliphatic carbocycles. The van der Waals surface area contributed by atoms with Crippen molar-refractivity contribution in [1.29, 1.82) is 0 Å². The largest absolute Gasteiger partial charge is 0.508 e. The molecule has 0 amide bonds. The molecule has 0 heterocycles. The van der Waals surface area contributed by atoms with Crippen LogP contribution in [0.2, 0.25) is 5.02 Å². The Balaban J connectivity index is 3.31. The van der Waals surface area contributed by atoms with Gasteiger partial charge in [-0.05, 0) is 18.6 Å². The average molecular weight is 152 g/mol. The molecular weight excluding hydrogens is 146 g/mol. The third kappa shape index (κ3) is 1.27. The molecule has 50 valence electrons. The summed E-state index contributed by atoms with van der Waals surface area (Å²) in [5, 5.41) is 9.58. The van der Waals surface area contributed by atoms with E-state index in [4.69, 9.17) is 24.6 Å². The average Bonchev–Trinajstić information content (AvgIpc) is 1.82. The molecule has 1 N–H and O–H groups in total. The minimum absolute atomic E-state index is 0.144.